The molecule has 0 saturated carbocycles. The molecule has 17 heavy (non-hydrogen) atoms. The molecule has 0 aliphatic heterocycles. The van der Waals surface area contributed by atoms with Crippen LogP contribution in [0, 0.1) is 6.92 Å². The number of carbonyl (C=O) groups is 1. The van der Waals surface area contributed by atoms with Gasteiger partial charge in [0.1, 0.15) is 17.0 Å². The molecule has 2 aromatic heterocycles. The van der Waals surface area contributed by atoms with Crippen molar-refractivity contribution in [2.75, 3.05) is 0 Å². The summed E-state index contributed by atoms with van der Waals surface area (Å²) >= 11 is 5.76. The fourth-order valence-corrected chi connectivity index (χ4v) is 1.39. The average Bonchev–Trinajstić information content (AvgIpc) is 2.32. The number of carbonyl (C=O) groups excluding carboxylic acids is 1. The van der Waals surface area contributed by atoms with E-state index in [1.807, 2.05) is 0 Å². The van der Waals surface area contributed by atoms with E-state index in [1.165, 1.54) is 6.33 Å². The maximum atomic E-state index is 10.9. The van der Waals surface area contributed by atoms with Gasteiger partial charge in [-0.2, -0.15) is 0 Å². The highest BCUT2D eigenvalue weighted by Gasteiger charge is 2.12. The van der Waals surface area contributed by atoms with Crippen LogP contribution in [0.4, 0.5) is 0 Å². The standard InChI is InChI=1S/C11H8ClN3O2/c1-7-9(3-2-4-13-7)17-11-8(5-16)10(12)14-6-15-11/h2-6H,1H3. The number of nitrogens with zero attached hydrogens (tertiary/aromatic N) is 3. The van der Waals surface area contributed by atoms with Crippen LogP contribution >= 0.6 is 11.6 Å². The van der Waals surface area contributed by atoms with Gasteiger partial charge in [0.15, 0.2) is 12.0 Å². The number of aromatic nitrogens is 3. The smallest absolute Gasteiger partial charge is 0.234 e. The Morgan fingerprint density at radius 1 is 1.35 bits per heavy atom. The van der Waals surface area contributed by atoms with E-state index in [9.17, 15) is 4.79 Å². The summed E-state index contributed by atoms with van der Waals surface area (Å²) in [5.41, 5.74) is 0.816. The molecule has 2 aromatic rings. The Balaban J connectivity index is 2.40. The van der Waals surface area contributed by atoms with Gasteiger partial charge in [-0.15, -0.1) is 0 Å². The molecule has 0 atom stereocenters. The second-order valence-corrected chi connectivity index (χ2v) is 3.55. The summed E-state index contributed by atoms with van der Waals surface area (Å²) in [6.07, 6.45) is 3.44. The zero-order valence-electron chi connectivity index (χ0n) is 8.92. The highest BCUT2D eigenvalue weighted by Crippen LogP contribution is 2.26. The number of aldehydes is 1. The Bertz CT molecular complexity index is 560. The highest BCUT2D eigenvalue weighted by atomic mass is 35.5. The topological polar surface area (TPSA) is 65.0 Å². The van der Waals surface area contributed by atoms with Crippen LogP contribution in [0.25, 0.3) is 0 Å². The van der Waals surface area contributed by atoms with Crippen LogP contribution in [-0.2, 0) is 0 Å². The molecule has 2 rings (SSSR count). The lowest BCUT2D eigenvalue weighted by atomic mass is 10.3. The van der Waals surface area contributed by atoms with Gasteiger partial charge in [-0.25, -0.2) is 9.97 Å². The highest BCUT2D eigenvalue weighted by molar-refractivity contribution is 6.31. The van der Waals surface area contributed by atoms with Crippen molar-refractivity contribution in [2.24, 2.45) is 0 Å². The van der Waals surface area contributed by atoms with Crippen molar-refractivity contribution in [3.8, 4) is 11.6 Å². The molecule has 0 bridgehead atoms. The van der Waals surface area contributed by atoms with Crippen LogP contribution in [-0.4, -0.2) is 21.2 Å². The molecule has 2 heterocycles. The van der Waals surface area contributed by atoms with Crippen LogP contribution in [0.1, 0.15) is 16.1 Å². The summed E-state index contributed by atoms with van der Waals surface area (Å²) in [7, 11) is 0. The van der Waals surface area contributed by atoms with E-state index >= 15 is 0 Å². The fourth-order valence-electron chi connectivity index (χ4n) is 1.22. The number of pyridine rings is 1. The normalized spacial score (nSPS) is 10.0. The molecule has 0 radical (unpaired) electrons. The van der Waals surface area contributed by atoms with Gasteiger partial charge in [-0.1, -0.05) is 11.6 Å². The second kappa shape index (κ2) is 4.88. The van der Waals surface area contributed by atoms with E-state index in [0.717, 1.165) is 0 Å². The molecule has 0 fully saturated rings. The lowest BCUT2D eigenvalue weighted by Gasteiger charge is -2.08. The van der Waals surface area contributed by atoms with E-state index in [-0.39, 0.29) is 16.6 Å². The Morgan fingerprint density at radius 3 is 2.88 bits per heavy atom. The predicted molar refractivity (Wildman–Crippen MR) is 61.5 cm³/mol. The molecule has 0 spiro atoms. The first-order chi connectivity index (χ1) is 8.22. The molecule has 0 amide bonds. The molecule has 0 aliphatic rings. The Hall–Kier alpha value is -2.01. The number of aryl methyl sites for hydroxylation is 1. The van der Waals surface area contributed by atoms with Gasteiger partial charge in [0.2, 0.25) is 5.88 Å². The minimum absolute atomic E-state index is 0.0616. The molecular weight excluding hydrogens is 242 g/mol. The Kier molecular flexibility index (Phi) is 3.30. The van der Waals surface area contributed by atoms with Crippen molar-refractivity contribution in [1.82, 2.24) is 15.0 Å². The quantitative estimate of drug-likeness (QED) is 0.617. The van der Waals surface area contributed by atoms with Crippen LogP contribution in [0.2, 0.25) is 5.15 Å². The molecule has 0 N–H and O–H groups in total. The predicted octanol–water partition coefficient (Wildman–Crippen LogP) is 2.44. The number of ether oxygens (including phenoxy) is 1. The van der Waals surface area contributed by atoms with Crippen LogP contribution in [0.15, 0.2) is 24.7 Å². The number of halogens is 1. The number of hydrogen-bond donors (Lipinski definition) is 0. The SMILES string of the molecule is Cc1ncccc1Oc1ncnc(Cl)c1C=O. The second-order valence-electron chi connectivity index (χ2n) is 3.19. The van der Waals surface area contributed by atoms with Crippen molar-refractivity contribution in [3.63, 3.8) is 0 Å². The van der Waals surface area contributed by atoms with Crippen molar-refractivity contribution in [3.05, 3.63) is 41.1 Å². The first-order valence-electron chi connectivity index (χ1n) is 4.77. The van der Waals surface area contributed by atoms with Gasteiger partial charge in [0.25, 0.3) is 0 Å². The van der Waals surface area contributed by atoms with E-state index < -0.39 is 0 Å². The molecule has 0 unspecified atom stereocenters. The van der Waals surface area contributed by atoms with Gasteiger partial charge in [0.05, 0.1) is 5.69 Å². The minimum Gasteiger partial charge on any atom is -0.436 e. The van der Waals surface area contributed by atoms with Gasteiger partial charge in [-0.3, -0.25) is 9.78 Å². The van der Waals surface area contributed by atoms with Crippen molar-refractivity contribution < 1.29 is 9.53 Å². The third kappa shape index (κ3) is 2.39. The van der Waals surface area contributed by atoms with Crippen molar-refractivity contribution in [1.29, 1.82) is 0 Å². The minimum atomic E-state index is 0.0616. The average molecular weight is 250 g/mol. The van der Waals surface area contributed by atoms with Gasteiger partial charge in [-0.05, 0) is 19.1 Å². The van der Waals surface area contributed by atoms with Gasteiger partial charge >= 0.3 is 0 Å². The summed E-state index contributed by atoms with van der Waals surface area (Å²) in [6.45, 7) is 1.79. The monoisotopic (exact) mass is 249 g/mol. The zero-order chi connectivity index (χ0) is 12.3. The third-order valence-electron chi connectivity index (χ3n) is 2.08. The summed E-state index contributed by atoms with van der Waals surface area (Å²) in [5, 5.41) is 0.0616. The Labute approximate surface area is 102 Å². The summed E-state index contributed by atoms with van der Waals surface area (Å²) < 4.78 is 5.48. The third-order valence-corrected chi connectivity index (χ3v) is 2.38. The van der Waals surface area contributed by atoms with E-state index in [2.05, 4.69) is 15.0 Å². The maximum Gasteiger partial charge on any atom is 0.234 e. The van der Waals surface area contributed by atoms with Gasteiger partial charge < -0.3 is 4.74 Å². The number of hydrogen-bond acceptors (Lipinski definition) is 5. The van der Waals surface area contributed by atoms with E-state index in [0.29, 0.717) is 17.7 Å². The molecule has 5 nitrogen and oxygen atoms in total. The fraction of sp³-hybridized carbons (Fsp3) is 0.0909. The maximum absolute atomic E-state index is 10.9. The zero-order valence-corrected chi connectivity index (χ0v) is 9.68. The molecular formula is C11H8ClN3O2. The summed E-state index contributed by atoms with van der Waals surface area (Å²) in [5.74, 6) is 0.640. The lowest BCUT2D eigenvalue weighted by molar-refractivity contribution is 0.112. The lowest BCUT2D eigenvalue weighted by Crippen LogP contribution is -1.98. The molecule has 6 heteroatoms. The Morgan fingerprint density at radius 2 is 2.18 bits per heavy atom. The van der Waals surface area contributed by atoms with Crippen molar-refractivity contribution >= 4 is 17.9 Å². The van der Waals surface area contributed by atoms with E-state index in [1.54, 1.807) is 25.3 Å². The first-order valence-corrected chi connectivity index (χ1v) is 5.15. The number of rotatable bonds is 3. The van der Waals surface area contributed by atoms with E-state index in [4.69, 9.17) is 16.3 Å². The summed E-state index contributed by atoms with van der Waals surface area (Å²) in [6, 6.07) is 3.46. The van der Waals surface area contributed by atoms with Crippen molar-refractivity contribution in [2.45, 2.75) is 6.92 Å². The molecule has 0 aromatic carbocycles. The molecule has 86 valence electrons. The van der Waals surface area contributed by atoms with Crippen LogP contribution in [0.3, 0.4) is 0 Å². The summed E-state index contributed by atoms with van der Waals surface area (Å²) in [4.78, 5) is 22.5. The van der Waals surface area contributed by atoms with Gasteiger partial charge in [0, 0.05) is 6.20 Å². The van der Waals surface area contributed by atoms with Crippen LogP contribution < -0.4 is 4.74 Å². The molecule has 0 saturated heterocycles. The largest absolute Gasteiger partial charge is 0.436 e. The molecule has 0 aliphatic carbocycles. The van der Waals surface area contributed by atoms with Crippen LogP contribution in [0.5, 0.6) is 11.6 Å². The first kappa shape index (κ1) is 11.5.